The molecule has 7 heteroatoms. The zero-order valence-electron chi connectivity index (χ0n) is 13.0. The van der Waals surface area contributed by atoms with Crippen LogP contribution in [0.4, 0.5) is 5.69 Å². The Balaban J connectivity index is 0.00000242. The van der Waals surface area contributed by atoms with Crippen LogP contribution >= 0.6 is 12.4 Å². The summed E-state index contributed by atoms with van der Waals surface area (Å²) in [5, 5.41) is 2.88. The van der Waals surface area contributed by atoms with E-state index in [0.29, 0.717) is 24.5 Å². The second kappa shape index (κ2) is 8.19. The van der Waals surface area contributed by atoms with Gasteiger partial charge in [0.1, 0.15) is 5.69 Å². The Kier molecular flexibility index (Phi) is 6.90. The van der Waals surface area contributed by atoms with Gasteiger partial charge in [-0.2, -0.15) is 0 Å². The van der Waals surface area contributed by atoms with Crippen LogP contribution in [-0.4, -0.2) is 29.6 Å². The number of hydrogen-bond donors (Lipinski definition) is 2. The number of amides is 1. The Labute approximate surface area is 136 Å². The fraction of sp³-hybridized carbons (Fsp3) is 0.600. The number of esters is 1. The molecule has 0 bridgehead atoms. The van der Waals surface area contributed by atoms with Crippen LogP contribution in [0.2, 0.25) is 0 Å². The summed E-state index contributed by atoms with van der Waals surface area (Å²) in [6.45, 7) is 2.63. The lowest BCUT2D eigenvalue weighted by molar-refractivity contribution is -0.120. The molecule has 0 saturated heterocycles. The monoisotopic (exact) mass is 329 g/mol. The number of nitrogens with one attached hydrogen (secondary N) is 1. The van der Waals surface area contributed by atoms with E-state index in [0.717, 1.165) is 19.3 Å². The van der Waals surface area contributed by atoms with Gasteiger partial charge in [0.2, 0.25) is 5.91 Å². The first-order valence-corrected chi connectivity index (χ1v) is 7.41. The largest absolute Gasteiger partial charge is 0.461 e. The van der Waals surface area contributed by atoms with E-state index in [1.807, 2.05) is 0 Å². The predicted molar refractivity (Wildman–Crippen MR) is 87.1 cm³/mol. The highest BCUT2D eigenvalue weighted by atomic mass is 35.5. The van der Waals surface area contributed by atoms with E-state index in [-0.39, 0.29) is 36.1 Å². The molecule has 124 valence electrons. The van der Waals surface area contributed by atoms with Crippen molar-refractivity contribution < 1.29 is 14.3 Å². The van der Waals surface area contributed by atoms with Crippen molar-refractivity contribution in [3.05, 3.63) is 18.0 Å². The van der Waals surface area contributed by atoms with Crippen LogP contribution in [0.5, 0.6) is 0 Å². The number of carbonyl (C=O) groups is 2. The highest BCUT2D eigenvalue weighted by Gasteiger charge is 2.32. The summed E-state index contributed by atoms with van der Waals surface area (Å²) >= 11 is 0. The number of halogens is 1. The van der Waals surface area contributed by atoms with Gasteiger partial charge in [0, 0.05) is 19.2 Å². The zero-order valence-corrected chi connectivity index (χ0v) is 13.8. The maximum Gasteiger partial charge on any atom is 0.355 e. The number of aromatic nitrogens is 1. The third-order valence-corrected chi connectivity index (χ3v) is 4.06. The maximum atomic E-state index is 12.3. The molecule has 2 rings (SSSR count). The molecule has 1 aliphatic rings. The van der Waals surface area contributed by atoms with Crippen molar-refractivity contribution in [2.45, 2.75) is 26.2 Å². The minimum atomic E-state index is -0.388. The molecular formula is C15H24ClN3O3. The van der Waals surface area contributed by atoms with E-state index in [9.17, 15) is 9.59 Å². The first kappa shape index (κ1) is 18.5. The van der Waals surface area contributed by atoms with Crippen LogP contribution in [-0.2, 0) is 16.6 Å². The van der Waals surface area contributed by atoms with Crippen molar-refractivity contribution in [2.75, 3.05) is 18.5 Å². The Morgan fingerprint density at radius 3 is 2.82 bits per heavy atom. The topological polar surface area (TPSA) is 86.3 Å². The molecule has 22 heavy (non-hydrogen) atoms. The van der Waals surface area contributed by atoms with Gasteiger partial charge >= 0.3 is 5.97 Å². The molecule has 1 aliphatic carbocycles. The Hall–Kier alpha value is -1.53. The molecular weight excluding hydrogens is 306 g/mol. The first-order chi connectivity index (χ1) is 10.1. The minimum Gasteiger partial charge on any atom is -0.461 e. The van der Waals surface area contributed by atoms with E-state index in [4.69, 9.17) is 10.5 Å². The molecule has 1 amide bonds. The second-order valence-electron chi connectivity index (χ2n) is 5.47. The quantitative estimate of drug-likeness (QED) is 0.808. The molecule has 1 heterocycles. The van der Waals surface area contributed by atoms with Crippen molar-refractivity contribution in [3.8, 4) is 0 Å². The molecule has 0 aromatic carbocycles. The molecule has 1 saturated carbocycles. The average Bonchev–Trinajstić information content (AvgIpc) is 3.05. The number of aryl methyl sites for hydroxylation is 1. The lowest BCUT2D eigenvalue weighted by Gasteiger charge is -2.16. The van der Waals surface area contributed by atoms with Gasteiger partial charge < -0.3 is 20.4 Å². The maximum absolute atomic E-state index is 12.3. The van der Waals surface area contributed by atoms with E-state index >= 15 is 0 Å². The Morgan fingerprint density at radius 2 is 2.18 bits per heavy atom. The standard InChI is InChI=1S/C15H23N3O3.ClH/c1-3-21-15(20)13-7-11(9-18(13)2)17-14(19)12-6-4-5-10(12)8-16;/h7,9-10,12H,3-6,8,16H2,1-2H3,(H,17,19);1H/t10-,12-;/m1./s1. The summed E-state index contributed by atoms with van der Waals surface area (Å²) in [5.41, 5.74) is 6.76. The lowest BCUT2D eigenvalue weighted by atomic mass is 9.95. The summed E-state index contributed by atoms with van der Waals surface area (Å²) in [7, 11) is 1.75. The molecule has 6 nitrogen and oxygen atoms in total. The number of nitrogens with zero attached hydrogens (tertiary/aromatic N) is 1. The van der Waals surface area contributed by atoms with Crippen molar-refractivity contribution in [1.82, 2.24) is 4.57 Å². The molecule has 0 aliphatic heterocycles. The average molecular weight is 330 g/mol. The molecule has 1 aromatic rings. The lowest BCUT2D eigenvalue weighted by Crippen LogP contribution is -2.29. The van der Waals surface area contributed by atoms with Gasteiger partial charge in [-0.15, -0.1) is 12.4 Å². The SMILES string of the molecule is CCOC(=O)c1cc(NC(=O)[C@@H]2CCC[C@@H]2CN)cn1C.Cl. The molecule has 3 N–H and O–H groups in total. The normalized spacial score (nSPS) is 20.3. The van der Waals surface area contributed by atoms with Crippen LogP contribution in [0.15, 0.2) is 12.3 Å². The van der Waals surface area contributed by atoms with Gasteiger partial charge in [0.15, 0.2) is 0 Å². The van der Waals surface area contributed by atoms with Crippen LogP contribution in [0, 0.1) is 11.8 Å². The van der Waals surface area contributed by atoms with Gasteiger partial charge in [-0.25, -0.2) is 4.79 Å². The number of hydrogen-bond acceptors (Lipinski definition) is 4. The molecule has 0 spiro atoms. The molecule has 2 atom stereocenters. The summed E-state index contributed by atoms with van der Waals surface area (Å²) in [6, 6.07) is 1.64. The van der Waals surface area contributed by atoms with Gasteiger partial charge in [0.25, 0.3) is 0 Å². The van der Waals surface area contributed by atoms with Crippen LogP contribution in [0.1, 0.15) is 36.7 Å². The fourth-order valence-corrected chi connectivity index (χ4v) is 2.94. The zero-order chi connectivity index (χ0) is 15.4. The third-order valence-electron chi connectivity index (χ3n) is 4.06. The van der Waals surface area contributed by atoms with Gasteiger partial charge in [-0.05, 0) is 38.3 Å². The smallest absolute Gasteiger partial charge is 0.355 e. The first-order valence-electron chi connectivity index (χ1n) is 7.41. The van der Waals surface area contributed by atoms with E-state index in [2.05, 4.69) is 5.32 Å². The Morgan fingerprint density at radius 1 is 1.45 bits per heavy atom. The highest BCUT2D eigenvalue weighted by Crippen LogP contribution is 2.32. The van der Waals surface area contributed by atoms with Crippen molar-refractivity contribution >= 4 is 30.0 Å². The number of carbonyl (C=O) groups excluding carboxylic acids is 2. The fourth-order valence-electron chi connectivity index (χ4n) is 2.94. The second-order valence-corrected chi connectivity index (χ2v) is 5.47. The van der Waals surface area contributed by atoms with Gasteiger partial charge in [-0.1, -0.05) is 6.42 Å². The van der Waals surface area contributed by atoms with E-state index in [1.165, 1.54) is 0 Å². The number of ether oxygens (including phenoxy) is 1. The highest BCUT2D eigenvalue weighted by molar-refractivity contribution is 5.95. The molecule has 1 fully saturated rings. The molecule has 1 aromatic heterocycles. The van der Waals surface area contributed by atoms with Crippen molar-refractivity contribution in [2.24, 2.45) is 24.6 Å². The predicted octanol–water partition coefficient (Wildman–Crippen LogP) is 1.94. The summed E-state index contributed by atoms with van der Waals surface area (Å²) in [4.78, 5) is 24.1. The number of nitrogens with two attached hydrogens (primary N) is 1. The van der Waals surface area contributed by atoms with Gasteiger partial charge in [-0.3, -0.25) is 4.79 Å². The minimum absolute atomic E-state index is 0. The van der Waals surface area contributed by atoms with Crippen LogP contribution in [0.25, 0.3) is 0 Å². The van der Waals surface area contributed by atoms with Crippen LogP contribution in [0.3, 0.4) is 0 Å². The Bertz CT molecular complexity index is 530. The molecule has 0 radical (unpaired) electrons. The van der Waals surface area contributed by atoms with E-state index in [1.54, 1.807) is 30.8 Å². The van der Waals surface area contributed by atoms with Crippen molar-refractivity contribution in [3.63, 3.8) is 0 Å². The number of rotatable bonds is 5. The van der Waals surface area contributed by atoms with Crippen LogP contribution < -0.4 is 11.1 Å². The summed E-state index contributed by atoms with van der Waals surface area (Å²) < 4.78 is 6.63. The number of anilines is 1. The third kappa shape index (κ3) is 4.01. The molecule has 0 unspecified atom stereocenters. The summed E-state index contributed by atoms with van der Waals surface area (Å²) in [6.07, 6.45) is 4.65. The summed E-state index contributed by atoms with van der Waals surface area (Å²) in [5.74, 6) is -0.162. The van der Waals surface area contributed by atoms with Crippen molar-refractivity contribution in [1.29, 1.82) is 0 Å². The van der Waals surface area contributed by atoms with Gasteiger partial charge in [0.05, 0.1) is 12.3 Å². The van der Waals surface area contributed by atoms with E-state index < -0.39 is 0 Å².